The first-order valence-electron chi connectivity index (χ1n) is 6.50. The fraction of sp³-hybridized carbons (Fsp3) is 0.250. The molecule has 2 atom stereocenters. The predicted octanol–water partition coefficient (Wildman–Crippen LogP) is 6.03. The smallest absolute Gasteiger partial charge is 0.166 e. The van der Waals surface area contributed by atoms with Crippen molar-refractivity contribution in [1.29, 1.82) is 0 Å². The van der Waals surface area contributed by atoms with Crippen molar-refractivity contribution in [3.05, 3.63) is 44.9 Å². The quantitative estimate of drug-likeness (QED) is 0.564. The Balaban J connectivity index is 2.33. The van der Waals surface area contributed by atoms with Crippen LogP contribution in [-0.4, -0.2) is 10.5 Å². The van der Waals surface area contributed by atoms with Crippen LogP contribution in [0.15, 0.2) is 18.2 Å². The Morgan fingerprint density at radius 1 is 1.14 bits per heavy atom. The van der Waals surface area contributed by atoms with Crippen molar-refractivity contribution < 1.29 is 5.11 Å². The number of benzene rings is 2. The SMILES string of the molecule is CC(Cl)CC(O)(Cl)c1ccc2c3c(c(Cl)cc(Cl)c13)C=C2. The second-order valence-electron chi connectivity index (χ2n) is 5.28. The molecule has 0 spiro atoms. The fourth-order valence-electron chi connectivity index (χ4n) is 2.81. The lowest BCUT2D eigenvalue weighted by molar-refractivity contribution is 0.120. The molecule has 0 aliphatic heterocycles. The van der Waals surface area contributed by atoms with Crippen molar-refractivity contribution in [1.82, 2.24) is 0 Å². The molecule has 21 heavy (non-hydrogen) atoms. The van der Waals surface area contributed by atoms with Crippen LogP contribution in [0.5, 0.6) is 0 Å². The van der Waals surface area contributed by atoms with E-state index >= 15 is 0 Å². The van der Waals surface area contributed by atoms with Gasteiger partial charge in [-0.1, -0.05) is 59.1 Å². The standard InChI is InChI=1S/C16H12Cl4O/c1-8(17)7-16(20,21)11-5-3-9-2-4-10-12(18)6-13(19)15(11)14(9)10/h2-6,8,21H,7H2,1H3. The maximum atomic E-state index is 10.6. The highest BCUT2D eigenvalue weighted by Crippen LogP contribution is 2.46. The molecule has 2 unspecified atom stereocenters. The number of hydrogen-bond acceptors (Lipinski definition) is 1. The van der Waals surface area contributed by atoms with Gasteiger partial charge in [0.2, 0.25) is 0 Å². The van der Waals surface area contributed by atoms with Gasteiger partial charge in [-0.2, -0.15) is 0 Å². The summed E-state index contributed by atoms with van der Waals surface area (Å²) in [6.45, 7) is 1.79. The van der Waals surface area contributed by atoms with E-state index in [0.29, 0.717) is 15.6 Å². The lowest BCUT2D eigenvalue weighted by Crippen LogP contribution is -2.22. The summed E-state index contributed by atoms with van der Waals surface area (Å²) >= 11 is 24.9. The highest BCUT2D eigenvalue weighted by molar-refractivity contribution is 6.41. The van der Waals surface area contributed by atoms with E-state index in [9.17, 15) is 5.11 Å². The van der Waals surface area contributed by atoms with Gasteiger partial charge in [0.25, 0.3) is 0 Å². The lowest BCUT2D eigenvalue weighted by atomic mass is 9.94. The summed E-state index contributed by atoms with van der Waals surface area (Å²) in [5.41, 5.74) is 2.47. The van der Waals surface area contributed by atoms with Crippen molar-refractivity contribution >= 4 is 69.3 Å². The number of halogens is 4. The fourth-order valence-corrected chi connectivity index (χ4v) is 4.13. The number of aliphatic hydroxyl groups is 1. The maximum Gasteiger partial charge on any atom is 0.166 e. The maximum absolute atomic E-state index is 10.6. The van der Waals surface area contributed by atoms with Gasteiger partial charge in [0, 0.05) is 33.3 Å². The lowest BCUT2D eigenvalue weighted by Gasteiger charge is -2.25. The Hall–Kier alpha value is -0.440. The summed E-state index contributed by atoms with van der Waals surface area (Å²) < 4.78 is 0. The van der Waals surface area contributed by atoms with Gasteiger partial charge in [-0.25, -0.2) is 0 Å². The zero-order valence-electron chi connectivity index (χ0n) is 11.1. The molecular formula is C16H12Cl4O. The van der Waals surface area contributed by atoms with E-state index < -0.39 is 5.06 Å². The Labute approximate surface area is 143 Å². The largest absolute Gasteiger partial charge is 0.371 e. The van der Waals surface area contributed by atoms with Crippen molar-refractivity contribution in [3.63, 3.8) is 0 Å². The van der Waals surface area contributed by atoms with Crippen LogP contribution in [-0.2, 0) is 5.06 Å². The molecule has 2 aromatic carbocycles. The van der Waals surface area contributed by atoms with E-state index in [2.05, 4.69) is 0 Å². The summed E-state index contributed by atoms with van der Waals surface area (Å²) in [5.74, 6) is 0. The van der Waals surface area contributed by atoms with Crippen molar-refractivity contribution in [2.24, 2.45) is 0 Å². The van der Waals surface area contributed by atoms with E-state index in [1.165, 1.54) is 0 Å². The highest BCUT2D eigenvalue weighted by Gasteiger charge is 2.32. The highest BCUT2D eigenvalue weighted by atomic mass is 35.5. The van der Waals surface area contributed by atoms with E-state index in [-0.39, 0.29) is 11.8 Å². The molecule has 0 saturated heterocycles. The number of rotatable bonds is 3. The van der Waals surface area contributed by atoms with E-state index in [0.717, 1.165) is 21.9 Å². The zero-order chi connectivity index (χ0) is 15.4. The minimum atomic E-state index is -1.57. The van der Waals surface area contributed by atoms with Crippen LogP contribution in [0.2, 0.25) is 10.0 Å². The van der Waals surface area contributed by atoms with E-state index in [4.69, 9.17) is 46.4 Å². The summed E-state index contributed by atoms with van der Waals surface area (Å²) in [6, 6.07) is 5.38. The summed E-state index contributed by atoms with van der Waals surface area (Å²) in [7, 11) is 0. The second-order valence-corrected chi connectivity index (χ2v) is 7.47. The van der Waals surface area contributed by atoms with Crippen LogP contribution in [0.3, 0.4) is 0 Å². The first-order chi connectivity index (χ1) is 9.81. The minimum absolute atomic E-state index is 0.215. The molecular weight excluding hydrogens is 350 g/mol. The zero-order valence-corrected chi connectivity index (χ0v) is 14.2. The molecule has 0 heterocycles. The van der Waals surface area contributed by atoms with Gasteiger partial charge in [-0.05, 0) is 23.9 Å². The van der Waals surface area contributed by atoms with Gasteiger partial charge >= 0.3 is 0 Å². The molecule has 3 rings (SSSR count). The molecule has 110 valence electrons. The normalized spacial score (nSPS) is 17.2. The second kappa shape index (κ2) is 5.33. The van der Waals surface area contributed by atoms with E-state index in [1.807, 2.05) is 18.2 Å². The van der Waals surface area contributed by atoms with Crippen LogP contribution >= 0.6 is 46.4 Å². The summed E-state index contributed by atoms with van der Waals surface area (Å²) in [5, 5.41) is 11.5. The molecule has 0 bridgehead atoms. The molecule has 1 N–H and O–H groups in total. The van der Waals surface area contributed by atoms with Crippen LogP contribution in [0.1, 0.15) is 30.0 Å². The molecule has 5 heteroatoms. The Bertz CT molecular complexity index is 763. The molecule has 0 aromatic heterocycles. The Kier molecular flexibility index (Phi) is 3.92. The third kappa shape index (κ3) is 2.56. The van der Waals surface area contributed by atoms with Gasteiger partial charge in [-0.15, -0.1) is 11.6 Å². The van der Waals surface area contributed by atoms with Crippen LogP contribution in [0.4, 0.5) is 0 Å². The van der Waals surface area contributed by atoms with Gasteiger partial charge in [-0.3, -0.25) is 0 Å². The molecule has 1 nitrogen and oxygen atoms in total. The van der Waals surface area contributed by atoms with Gasteiger partial charge in [0.15, 0.2) is 5.06 Å². The van der Waals surface area contributed by atoms with Crippen LogP contribution in [0, 0.1) is 0 Å². The Morgan fingerprint density at radius 3 is 2.52 bits per heavy atom. The molecule has 0 fully saturated rings. The summed E-state index contributed by atoms with van der Waals surface area (Å²) in [6.07, 6.45) is 4.13. The van der Waals surface area contributed by atoms with Crippen molar-refractivity contribution in [2.75, 3.05) is 0 Å². The third-order valence-electron chi connectivity index (χ3n) is 3.65. The molecule has 0 amide bonds. The monoisotopic (exact) mass is 360 g/mol. The van der Waals surface area contributed by atoms with Crippen LogP contribution < -0.4 is 0 Å². The van der Waals surface area contributed by atoms with Gasteiger partial charge in [0.05, 0.1) is 5.02 Å². The number of alkyl halides is 2. The molecule has 0 saturated carbocycles. The average Bonchev–Trinajstić information content (AvgIpc) is 2.78. The van der Waals surface area contributed by atoms with Crippen molar-refractivity contribution in [3.8, 4) is 0 Å². The van der Waals surface area contributed by atoms with Gasteiger partial charge in [0.1, 0.15) is 0 Å². The Morgan fingerprint density at radius 2 is 1.86 bits per heavy atom. The first kappa shape index (κ1) is 15.5. The predicted molar refractivity (Wildman–Crippen MR) is 92.6 cm³/mol. The molecule has 1 aliphatic rings. The summed E-state index contributed by atoms with van der Waals surface area (Å²) in [4.78, 5) is 0. The average molecular weight is 362 g/mol. The topological polar surface area (TPSA) is 20.2 Å². The molecule has 0 radical (unpaired) electrons. The minimum Gasteiger partial charge on any atom is -0.371 e. The number of hydrogen-bond donors (Lipinski definition) is 1. The van der Waals surface area contributed by atoms with Crippen molar-refractivity contribution in [2.45, 2.75) is 23.8 Å². The molecule has 2 aromatic rings. The third-order valence-corrected chi connectivity index (χ3v) is 4.77. The van der Waals surface area contributed by atoms with Gasteiger partial charge < -0.3 is 5.11 Å². The van der Waals surface area contributed by atoms with Crippen LogP contribution in [0.25, 0.3) is 22.9 Å². The molecule has 1 aliphatic carbocycles. The van der Waals surface area contributed by atoms with E-state index in [1.54, 1.807) is 19.1 Å². The first-order valence-corrected chi connectivity index (χ1v) is 8.07.